The van der Waals surface area contributed by atoms with Gasteiger partial charge in [-0.3, -0.25) is 9.59 Å². The molecule has 0 saturated carbocycles. The molecule has 5 nitrogen and oxygen atoms in total. The van der Waals surface area contributed by atoms with E-state index in [1.165, 1.54) is 0 Å². The molecule has 2 aromatic rings. The summed E-state index contributed by atoms with van der Waals surface area (Å²) in [5.41, 5.74) is 2.76. The molecule has 0 saturated heterocycles. The molecule has 0 aliphatic rings. The highest BCUT2D eigenvalue weighted by Crippen LogP contribution is 2.19. The highest BCUT2D eigenvalue weighted by molar-refractivity contribution is 9.10. The first kappa shape index (κ1) is 18.0. The van der Waals surface area contributed by atoms with E-state index in [1.54, 1.807) is 12.1 Å². The summed E-state index contributed by atoms with van der Waals surface area (Å²) >= 11 is 3.40. The van der Waals surface area contributed by atoms with Gasteiger partial charge in [0.2, 0.25) is 5.91 Å². The molecule has 2 amide bonds. The number of halogens is 1. The van der Waals surface area contributed by atoms with E-state index in [-0.39, 0.29) is 25.0 Å². The van der Waals surface area contributed by atoms with Crippen LogP contribution in [0.25, 0.3) is 0 Å². The molecule has 0 radical (unpaired) electrons. The summed E-state index contributed by atoms with van der Waals surface area (Å²) in [7, 11) is 0. The number of hydrogen-bond acceptors (Lipinski definition) is 3. The van der Waals surface area contributed by atoms with E-state index in [0.717, 1.165) is 15.6 Å². The molecule has 0 heterocycles. The van der Waals surface area contributed by atoms with Gasteiger partial charge >= 0.3 is 0 Å². The molecule has 6 heteroatoms. The number of amides is 2. The summed E-state index contributed by atoms with van der Waals surface area (Å²) in [6, 6.07) is 12.9. The van der Waals surface area contributed by atoms with Crippen molar-refractivity contribution in [2.45, 2.75) is 13.8 Å². The van der Waals surface area contributed by atoms with Crippen molar-refractivity contribution in [3.8, 4) is 5.75 Å². The van der Waals surface area contributed by atoms with E-state index >= 15 is 0 Å². The number of anilines is 1. The van der Waals surface area contributed by atoms with Crippen LogP contribution in [0.3, 0.4) is 0 Å². The van der Waals surface area contributed by atoms with E-state index in [1.807, 2.05) is 44.2 Å². The Morgan fingerprint density at radius 3 is 2.58 bits per heavy atom. The van der Waals surface area contributed by atoms with Crippen LogP contribution in [0.1, 0.15) is 11.1 Å². The van der Waals surface area contributed by atoms with Crippen LogP contribution in [0.15, 0.2) is 46.9 Å². The smallest absolute Gasteiger partial charge is 0.258 e. The lowest BCUT2D eigenvalue weighted by Gasteiger charge is -2.09. The Morgan fingerprint density at radius 2 is 1.88 bits per heavy atom. The zero-order chi connectivity index (χ0) is 17.5. The number of hydrogen-bond donors (Lipinski definition) is 2. The summed E-state index contributed by atoms with van der Waals surface area (Å²) < 4.78 is 6.35. The predicted molar refractivity (Wildman–Crippen MR) is 97.2 cm³/mol. The SMILES string of the molecule is Cc1cccc(OCC(=O)NCC(=O)Nc2ccc(Br)c(C)c2)c1. The van der Waals surface area contributed by atoms with Crippen LogP contribution < -0.4 is 15.4 Å². The average molecular weight is 391 g/mol. The van der Waals surface area contributed by atoms with Gasteiger partial charge in [-0.15, -0.1) is 0 Å². The Hall–Kier alpha value is -2.34. The standard InChI is InChI=1S/C18H19BrN2O3/c1-12-4-3-5-15(8-12)24-11-18(23)20-10-17(22)21-14-6-7-16(19)13(2)9-14/h3-9H,10-11H2,1-2H3,(H,20,23)(H,21,22). The van der Waals surface area contributed by atoms with Crippen LogP contribution in [0, 0.1) is 13.8 Å². The molecule has 0 aromatic heterocycles. The third-order valence-electron chi connectivity index (χ3n) is 3.25. The zero-order valence-electron chi connectivity index (χ0n) is 13.6. The molecule has 126 valence electrons. The Balaban J connectivity index is 1.74. The lowest BCUT2D eigenvalue weighted by Crippen LogP contribution is -2.35. The highest BCUT2D eigenvalue weighted by Gasteiger charge is 2.07. The quantitative estimate of drug-likeness (QED) is 0.795. The lowest BCUT2D eigenvalue weighted by molar-refractivity contribution is -0.125. The van der Waals surface area contributed by atoms with E-state index in [2.05, 4.69) is 26.6 Å². The van der Waals surface area contributed by atoms with Crippen molar-refractivity contribution >= 4 is 33.4 Å². The minimum absolute atomic E-state index is 0.106. The van der Waals surface area contributed by atoms with E-state index < -0.39 is 0 Å². The topological polar surface area (TPSA) is 67.4 Å². The molecule has 0 spiro atoms. The third kappa shape index (κ3) is 5.70. The van der Waals surface area contributed by atoms with Gasteiger partial charge in [-0.1, -0.05) is 28.1 Å². The third-order valence-corrected chi connectivity index (χ3v) is 4.14. The molecule has 0 unspecified atom stereocenters. The van der Waals surface area contributed by atoms with Gasteiger partial charge in [0.1, 0.15) is 5.75 Å². The van der Waals surface area contributed by atoms with Crippen LogP contribution in [-0.2, 0) is 9.59 Å². The summed E-state index contributed by atoms with van der Waals surface area (Å²) in [6.45, 7) is 3.64. The second kappa shape index (κ2) is 8.49. The van der Waals surface area contributed by atoms with Crippen molar-refractivity contribution in [3.05, 3.63) is 58.1 Å². The first-order valence-corrected chi connectivity index (χ1v) is 8.25. The fourth-order valence-corrected chi connectivity index (χ4v) is 2.26. The van der Waals surface area contributed by atoms with Crippen molar-refractivity contribution in [2.75, 3.05) is 18.5 Å². The number of carbonyl (C=O) groups is 2. The van der Waals surface area contributed by atoms with Gasteiger partial charge in [-0.2, -0.15) is 0 Å². The van der Waals surface area contributed by atoms with Gasteiger partial charge < -0.3 is 15.4 Å². The molecule has 2 aromatic carbocycles. The number of ether oxygens (including phenoxy) is 1. The highest BCUT2D eigenvalue weighted by atomic mass is 79.9. The van der Waals surface area contributed by atoms with Gasteiger partial charge in [0, 0.05) is 10.2 Å². The first-order valence-electron chi connectivity index (χ1n) is 7.46. The fourth-order valence-electron chi connectivity index (χ4n) is 2.01. The normalized spacial score (nSPS) is 10.1. The molecule has 24 heavy (non-hydrogen) atoms. The summed E-state index contributed by atoms with van der Waals surface area (Å²) in [4.78, 5) is 23.6. The van der Waals surface area contributed by atoms with Gasteiger partial charge in [-0.05, 0) is 55.3 Å². The molecule has 2 N–H and O–H groups in total. The molecular weight excluding hydrogens is 372 g/mol. The minimum atomic E-state index is -0.348. The van der Waals surface area contributed by atoms with Gasteiger partial charge in [0.05, 0.1) is 6.54 Å². The second-order valence-electron chi connectivity index (χ2n) is 5.39. The number of benzene rings is 2. The van der Waals surface area contributed by atoms with Gasteiger partial charge in [0.25, 0.3) is 5.91 Å². The first-order chi connectivity index (χ1) is 11.4. The van der Waals surface area contributed by atoms with Crippen molar-refractivity contribution in [3.63, 3.8) is 0 Å². The number of rotatable bonds is 6. The number of carbonyl (C=O) groups excluding carboxylic acids is 2. The maximum absolute atomic E-state index is 11.9. The van der Waals surface area contributed by atoms with Gasteiger partial charge in [0.15, 0.2) is 6.61 Å². The van der Waals surface area contributed by atoms with Gasteiger partial charge in [-0.25, -0.2) is 0 Å². The molecule has 0 aliphatic heterocycles. The molecule has 0 bridgehead atoms. The molecule has 0 aliphatic carbocycles. The van der Waals surface area contributed by atoms with Crippen LogP contribution in [0.4, 0.5) is 5.69 Å². The number of aryl methyl sites for hydroxylation is 2. The van der Waals surface area contributed by atoms with Crippen LogP contribution >= 0.6 is 15.9 Å². The van der Waals surface area contributed by atoms with E-state index in [9.17, 15) is 9.59 Å². The van der Waals surface area contributed by atoms with E-state index in [4.69, 9.17) is 4.74 Å². The van der Waals surface area contributed by atoms with Crippen molar-refractivity contribution in [2.24, 2.45) is 0 Å². The van der Waals surface area contributed by atoms with Crippen molar-refractivity contribution < 1.29 is 14.3 Å². The Bertz CT molecular complexity index is 747. The van der Waals surface area contributed by atoms with Crippen molar-refractivity contribution in [1.29, 1.82) is 0 Å². The monoisotopic (exact) mass is 390 g/mol. The van der Waals surface area contributed by atoms with E-state index in [0.29, 0.717) is 11.4 Å². The molecule has 0 fully saturated rings. The summed E-state index contributed by atoms with van der Waals surface area (Å²) in [5.74, 6) is -0.0146. The molecular formula is C18H19BrN2O3. The largest absolute Gasteiger partial charge is 0.484 e. The van der Waals surface area contributed by atoms with Crippen molar-refractivity contribution in [1.82, 2.24) is 5.32 Å². The Labute approximate surface area is 149 Å². The number of nitrogens with one attached hydrogen (secondary N) is 2. The van der Waals surface area contributed by atoms with Crippen LogP contribution in [-0.4, -0.2) is 25.0 Å². The maximum atomic E-state index is 11.9. The minimum Gasteiger partial charge on any atom is -0.484 e. The average Bonchev–Trinajstić information content (AvgIpc) is 2.54. The maximum Gasteiger partial charge on any atom is 0.258 e. The Morgan fingerprint density at radius 1 is 1.08 bits per heavy atom. The second-order valence-corrected chi connectivity index (χ2v) is 6.25. The van der Waals surface area contributed by atoms with Crippen LogP contribution in [0.2, 0.25) is 0 Å². The van der Waals surface area contributed by atoms with Crippen LogP contribution in [0.5, 0.6) is 5.75 Å². The predicted octanol–water partition coefficient (Wildman–Crippen LogP) is 3.20. The fraction of sp³-hybridized carbons (Fsp3) is 0.222. The summed E-state index contributed by atoms with van der Waals surface area (Å²) in [6.07, 6.45) is 0. The summed E-state index contributed by atoms with van der Waals surface area (Å²) in [5, 5.41) is 5.26. The zero-order valence-corrected chi connectivity index (χ0v) is 15.1. The molecule has 2 rings (SSSR count). The Kier molecular flexibility index (Phi) is 6.37. The molecule has 0 atom stereocenters. The lowest BCUT2D eigenvalue weighted by atomic mass is 10.2.